The van der Waals surface area contributed by atoms with Crippen molar-refractivity contribution in [1.29, 1.82) is 0 Å². The fourth-order valence-electron chi connectivity index (χ4n) is 1.90. The number of rotatable bonds is 4. The zero-order chi connectivity index (χ0) is 14.8. The second-order valence-corrected chi connectivity index (χ2v) is 6.29. The Hall–Kier alpha value is -1.68. The Labute approximate surface area is 119 Å². The van der Waals surface area contributed by atoms with Crippen LogP contribution in [0.3, 0.4) is 0 Å². The van der Waals surface area contributed by atoms with E-state index in [9.17, 15) is 5.11 Å². The minimum absolute atomic E-state index is 0.190. The van der Waals surface area contributed by atoms with Crippen LogP contribution in [-0.2, 0) is 12.8 Å². The Kier molecular flexibility index (Phi) is 4.23. The van der Waals surface area contributed by atoms with Crippen LogP contribution in [0, 0.1) is 12.3 Å². The molecule has 2 aromatic rings. The number of hydrogen-bond acceptors (Lipinski definition) is 4. The fraction of sp³-hybridized carbons (Fsp3) is 0.500. The van der Waals surface area contributed by atoms with Gasteiger partial charge in [0.25, 0.3) is 0 Å². The standard InChI is InChI=1S/C16H22N2O2/c1-11-7-5-6-8-12(11)9-14-17-15(20-18-14)10-13(19)16(2,3)4/h5-8,13,19H,9-10H2,1-4H3. The molecule has 0 amide bonds. The summed E-state index contributed by atoms with van der Waals surface area (Å²) in [6, 6.07) is 8.15. The van der Waals surface area contributed by atoms with Gasteiger partial charge in [-0.25, -0.2) is 0 Å². The van der Waals surface area contributed by atoms with Crippen molar-refractivity contribution in [2.75, 3.05) is 0 Å². The van der Waals surface area contributed by atoms with Crippen LogP contribution < -0.4 is 0 Å². The summed E-state index contributed by atoms with van der Waals surface area (Å²) in [5.74, 6) is 1.16. The average molecular weight is 274 g/mol. The van der Waals surface area contributed by atoms with Crippen molar-refractivity contribution in [1.82, 2.24) is 10.1 Å². The first-order valence-corrected chi connectivity index (χ1v) is 6.90. The van der Waals surface area contributed by atoms with E-state index in [0.29, 0.717) is 24.6 Å². The highest BCUT2D eigenvalue weighted by atomic mass is 16.5. The van der Waals surface area contributed by atoms with Gasteiger partial charge in [0, 0.05) is 6.42 Å². The largest absolute Gasteiger partial charge is 0.392 e. The van der Waals surface area contributed by atoms with Gasteiger partial charge in [-0.3, -0.25) is 0 Å². The Morgan fingerprint density at radius 1 is 1.25 bits per heavy atom. The topological polar surface area (TPSA) is 59.2 Å². The molecular weight excluding hydrogens is 252 g/mol. The summed E-state index contributed by atoms with van der Waals surface area (Å²) < 4.78 is 5.22. The van der Waals surface area contributed by atoms with Crippen LogP contribution in [0.15, 0.2) is 28.8 Å². The zero-order valence-electron chi connectivity index (χ0n) is 12.6. The molecule has 0 radical (unpaired) electrons. The van der Waals surface area contributed by atoms with E-state index in [1.807, 2.05) is 32.9 Å². The molecule has 0 spiro atoms. The lowest BCUT2D eigenvalue weighted by molar-refractivity contribution is 0.0565. The highest BCUT2D eigenvalue weighted by molar-refractivity contribution is 5.27. The molecule has 0 aliphatic carbocycles. The fourth-order valence-corrected chi connectivity index (χ4v) is 1.90. The maximum Gasteiger partial charge on any atom is 0.229 e. The third-order valence-electron chi connectivity index (χ3n) is 3.49. The molecule has 1 N–H and O–H groups in total. The lowest BCUT2D eigenvalue weighted by Gasteiger charge is -2.24. The van der Waals surface area contributed by atoms with E-state index >= 15 is 0 Å². The molecule has 0 saturated carbocycles. The number of nitrogens with zero attached hydrogens (tertiary/aromatic N) is 2. The monoisotopic (exact) mass is 274 g/mol. The highest BCUT2D eigenvalue weighted by Gasteiger charge is 2.24. The van der Waals surface area contributed by atoms with Gasteiger partial charge in [-0.15, -0.1) is 0 Å². The van der Waals surface area contributed by atoms with E-state index in [1.54, 1.807) is 0 Å². The van der Waals surface area contributed by atoms with E-state index in [0.717, 1.165) is 0 Å². The zero-order valence-corrected chi connectivity index (χ0v) is 12.6. The van der Waals surface area contributed by atoms with Crippen LogP contribution in [0.4, 0.5) is 0 Å². The van der Waals surface area contributed by atoms with Crippen molar-refractivity contribution in [3.8, 4) is 0 Å². The number of hydrogen-bond donors (Lipinski definition) is 1. The van der Waals surface area contributed by atoms with Gasteiger partial charge in [0.15, 0.2) is 5.82 Å². The number of benzene rings is 1. The predicted molar refractivity (Wildman–Crippen MR) is 77.4 cm³/mol. The summed E-state index contributed by atoms with van der Waals surface area (Å²) in [7, 11) is 0. The molecule has 1 unspecified atom stereocenters. The molecule has 2 rings (SSSR count). The molecule has 108 valence electrons. The lowest BCUT2D eigenvalue weighted by atomic mass is 9.87. The van der Waals surface area contributed by atoms with Crippen LogP contribution in [0.2, 0.25) is 0 Å². The highest BCUT2D eigenvalue weighted by Crippen LogP contribution is 2.22. The van der Waals surface area contributed by atoms with E-state index in [-0.39, 0.29) is 5.41 Å². The summed E-state index contributed by atoms with van der Waals surface area (Å²) in [5.41, 5.74) is 2.22. The summed E-state index contributed by atoms with van der Waals surface area (Å²) in [6.07, 6.45) is 0.556. The Bertz CT molecular complexity index is 570. The first-order chi connectivity index (χ1) is 9.36. The first kappa shape index (κ1) is 14.7. The second-order valence-electron chi connectivity index (χ2n) is 6.29. The van der Waals surface area contributed by atoms with Gasteiger partial charge in [-0.05, 0) is 23.5 Å². The van der Waals surface area contributed by atoms with Crippen LogP contribution in [0.25, 0.3) is 0 Å². The van der Waals surface area contributed by atoms with E-state index in [2.05, 4.69) is 29.2 Å². The van der Waals surface area contributed by atoms with Crippen molar-refractivity contribution < 1.29 is 9.63 Å². The minimum atomic E-state index is -0.491. The number of aliphatic hydroxyl groups excluding tert-OH is 1. The summed E-state index contributed by atoms with van der Waals surface area (Å²) >= 11 is 0. The molecule has 0 saturated heterocycles. The molecule has 0 aliphatic rings. The van der Waals surface area contributed by atoms with Crippen molar-refractivity contribution in [3.05, 3.63) is 47.1 Å². The number of aromatic nitrogens is 2. The molecule has 4 heteroatoms. The molecule has 1 aromatic heterocycles. The number of aryl methyl sites for hydroxylation is 1. The molecular formula is C16H22N2O2. The van der Waals surface area contributed by atoms with Crippen LogP contribution in [0.1, 0.15) is 43.6 Å². The number of aliphatic hydroxyl groups is 1. The third kappa shape index (κ3) is 3.67. The maximum absolute atomic E-state index is 10.1. The second kappa shape index (κ2) is 5.75. The van der Waals surface area contributed by atoms with E-state index in [4.69, 9.17) is 4.52 Å². The van der Waals surface area contributed by atoms with Crippen molar-refractivity contribution in [2.45, 2.75) is 46.6 Å². The molecule has 20 heavy (non-hydrogen) atoms. The van der Waals surface area contributed by atoms with E-state index in [1.165, 1.54) is 11.1 Å². The quantitative estimate of drug-likeness (QED) is 0.931. The Morgan fingerprint density at radius 2 is 1.95 bits per heavy atom. The smallest absolute Gasteiger partial charge is 0.229 e. The summed E-state index contributed by atoms with van der Waals surface area (Å²) in [4.78, 5) is 4.36. The lowest BCUT2D eigenvalue weighted by Crippen LogP contribution is -2.28. The van der Waals surface area contributed by atoms with Crippen LogP contribution >= 0.6 is 0 Å². The van der Waals surface area contributed by atoms with Gasteiger partial charge >= 0.3 is 0 Å². The molecule has 0 fully saturated rings. The molecule has 1 aromatic carbocycles. The molecule has 0 aliphatic heterocycles. The Morgan fingerprint density at radius 3 is 2.60 bits per heavy atom. The summed E-state index contributed by atoms with van der Waals surface area (Å²) in [5, 5.41) is 14.0. The maximum atomic E-state index is 10.1. The molecule has 0 bridgehead atoms. The normalized spacial score (nSPS) is 13.4. The van der Waals surface area contributed by atoms with Gasteiger partial charge in [0.2, 0.25) is 5.89 Å². The van der Waals surface area contributed by atoms with Gasteiger partial charge < -0.3 is 9.63 Å². The van der Waals surface area contributed by atoms with Crippen molar-refractivity contribution >= 4 is 0 Å². The SMILES string of the molecule is Cc1ccccc1Cc1noc(CC(O)C(C)(C)C)n1. The minimum Gasteiger partial charge on any atom is -0.392 e. The van der Waals surface area contributed by atoms with E-state index < -0.39 is 6.10 Å². The van der Waals surface area contributed by atoms with Crippen molar-refractivity contribution in [2.24, 2.45) is 5.41 Å². The molecule has 4 nitrogen and oxygen atoms in total. The van der Waals surface area contributed by atoms with Gasteiger partial charge in [-0.1, -0.05) is 50.2 Å². The average Bonchev–Trinajstić information content (AvgIpc) is 2.78. The van der Waals surface area contributed by atoms with Crippen LogP contribution in [0.5, 0.6) is 0 Å². The third-order valence-corrected chi connectivity index (χ3v) is 3.49. The first-order valence-electron chi connectivity index (χ1n) is 6.90. The summed E-state index contributed by atoms with van der Waals surface area (Å²) in [6.45, 7) is 8.03. The van der Waals surface area contributed by atoms with Crippen molar-refractivity contribution in [3.63, 3.8) is 0 Å². The molecule has 1 atom stereocenters. The van der Waals surface area contributed by atoms with Gasteiger partial charge in [0.05, 0.1) is 12.5 Å². The van der Waals surface area contributed by atoms with Crippen LogP contribution in [-0.4, -0.2) is 21.4 Å². The molecule has 1 heterocycles. The Balaban J connectivity index is 2.05. The van der Waals surface area contributed by atoms with Gasteiger partial charge in [-0.2, -0.15) is 4.98 Å². The van der Waals surface area contributed by atoms with Gasteiger partial charge in [0.1, 0.15) is 0 Å². The predicted octanol–water partition coefficient (Wildman–Crippen LogP) is 2.92.